The molecule has 0 saturated heterocycles. The molecule has 0 amide bonds. The molecule has 0 spiro atoms. The number of alkyl halides is 2. The van der Waals surface area contributed by atoms with Crippen LogP contribution in [-0.2, 0) is 13.1 Å². The van der Waals surface area contributed by atoms with Gasteiger partial charge in [-0.15, -0.1) is 5.10 Å². The third-order valence-corrected chi connectivity index (χ3v) is 2.60. The van der Waals surface area contributed by atoms with Crippen molar-refractivity contribution in [1.82, 2.24) is 29.8 Å². The van der Waals surface area contributed by atoms with Crippen LogP contribution in [0.25, 0.3) is 0 Å². The van der Waals surface area contributed by atoms with Crippen LogP contribution in [0.1, 0.15) is 41.8 Å². The van der Waals surface area contributed by atoms with Crippen molar-refractivity contribution in [2.24, 2.45) is 0 Å². The summed E-state index contributed by atoms with van der Waals surface area (Å²) in [5.41, 5.74) is -1.48. The lowest BCUT2D eigenvalue weighted by Crippen LogP contribution is -2.14. The molecule has 20 heavy (non-hydrogen) atoms. The zero-order chi connectivity index (χ0) is 14.7. The van der Waals surface area contributed by atoms with E-state index in [0.717, 1.165) is 11.1 Å². The molecule has 108 valence electrons. The van der Waals surface area contributed by atoms with Crippen molar-refractivity contribution in [3.05, 3.63) is 23.5 Å². The summed E-state index contributed by atoms with van der Waals surface area (Å²) in [7, 11) is 0. The summed E-state index contributed by atoms with van der Waals surface area (Å²) in [6, 6.07) is 0. The van der Waals surface area contributed by atoms with Crippen LogP contribution in [0, 0.1) is 0 Å². The number of rotatable bonds is 6. The normalized spacial score (nSPS) is 11.2. The van der Waals surface area contributed by atoms with Gasteiger partial charge in [-0.25, -0.2) is 27.9 Å². The van der Waals surface area contributed by atoms with Gasteiger partial charge in [-0.05, 0) is 6.42 Å². The molecule has 2 aromatic heterocycles. The number of nitrogens with zero attached hydrogens (tertiary/aromatic N) is 6. The molecule has 1 N–H and O–H groups in total. The van der Waals surface area contributed by atoms with Gasteiger partial charge in [-0.3, -0.25) is 0 Å². The maximum absolute atomic E-state index is 13.0. The number of aromatic nitrogens is 6. The van der Waals surface area contributed by atoms with E-state index in [2.05, 4.69) is 20.4 Å². The molecule has 0 aliphatic rings. The number of halogens is 2. The fourth-order valence-electron chi connectivity index (χ4n) is 1.75. The minimum Gasteiger partial charge on any atom is -0.476 e. The van der Waals surface area contributed by atoms with Gasteiger partial charge in [0.05, 0.1) is 0 Å². The van der Waals surface area contributed by atoms with Crippen molar-refractivity contribution in [2.45, 2.75) is 32.9 Å². The third-order valence-electron chi connectivity index (χ3n) is 2.60. The molecular weight excluding hydrogens is 274 g/mol. The van der Waals surface area contributed by atoms with Gasteiger partial charge in [0.2, 0.25) is 0 Å². The van der Waals surface area contributed by atoms with E-state index in [9.17, 15) is 13.6 Å². The van der Waals surface area contributed by atoms with Crippen molar-refractivity contribution in [1.29, 1.82) is 0 Å². The number of aromatic carboxylic acids is 1. The van der Waals surface area contributed by atoms with Crippen LogP contribution in [0.5, 0.6) is 0 Å². The van der Waals surface area contributed by atoms with E-state index in [0.29, 0.717) is 12.4 Å². The highest BCUT2D eigenvalue weighted by Crippen LogP contribution is 2.22. The highest BCUT2D eigenvalue weighted by molar-refractivity contribution is 5.86. The fraction of sp³-hybridized carbons (Fsp3) is 0.500. The van der Waals surface area contributed by atoms with Crippen LogP contribution in [0.4, 0.5) is 8.78 Å². The van der Waals surface area contributed by atoms with Gasteiger partial charge in [-0.2, -0.15) is 5.10 Å². The zero-order valence-corrected chi connectivity index (χ0v) is 10.6. The second kappa shape index (κ2) is 5.72. The molecule has 0 radical (unpaired) electrons. The van der Waals surface area contributed by atoms with Gasteiger partial charge in [0, 0.05) is 6.54 Å². The molecule has 2 aromatic rings. The Kier molecular flexibility index (Phi) is 4.01. The Morgan fingerprint density at radius 3 is 2.80 bits per heavy atom. The second-order valence-electron chi connectivity index (χ2n) is 3.99. The van der Waals surface area contributed by atoms with Gasteiger partial charge in [-0.1, -0.05) is 12.1 Å². The Labute approximate surface area is 112 Å². The molecule has 0 unspecified atom stereocenters. The van der Waals surface area contributed by atoms with E-state index < -0.39 is 23.8 Å². The average Bonchev–Trinajstić information content (AvgIpc) is 2.97. The van der Waals surface area contributed by atoms with Crippen LogP contribution in [0.3, 0.4) is 0 Å². The first-order chi connectivity index (χ1) is 9.54. The van der Waals surface area contributed by atoms with Crippen LogP contribution in [-0.4, -0.2) is 40.8 Å². The maximum Gasteiger partial charge on any atom is 0.358 e. The summed E-state index contributed by atoms with van der Waals surface area (Å²) in [5, 5.41) is 19.5. The number of aryl methyl sites for hydroxylation is 1. The Hall–Kier alpha value is -2.39. The minimum absolute atomic E-state index is 0.111. The lowest BCUT2D eigenvalue weighted by Gasteiger charge is -2.07. The summed E-state index contributed by atoms with van der Waals surface area (Å²) in [6.07, 6.45) is -0.878. The van der Waals surface area contributed by atoms with Gasteiger partial charge in [0.25, 0.3) is 6.43 Å². The molecule has 0 fully saturated rings. The topological polar surface area (TPSA) is 98.7 Å². The van der Waals surface area contributed by atoms with Crippen molar-refractivity contribution < 1.29 is 18.7 Å². The number of carboxylic acids is 1. The van der Waals surface area contributed by atoms with E-state index in [4.69, 9.17) is 5.11 Å². The minimum atomic E-state index is -2.99. The van der Waals surface area contributed by atoms with E-state index >= 15 is 0 Å². The van der Waals surface area contributed by atoms with E-state index in [1.165, 1.54) is 6.33 Å². The first kappa shape index (κ1) is 14.0. The van der Waals surface area contributed by atoms with Crippen LogP contribution in [0.15, 0.2) is 6.33 Å². The Morgan fingerprint density at radius 1 is 1.45 bits per heavy atom. The van der Waals surface area contributed by atoms with Gasteiger partial charge < -0.3 is 5.11 Å². The van der Waals surface area contributed by atoms with Crippen LogP contribution < -0.4 is 0 Å². The first-order valence-electron chi connectivity index (χ1n) is 5.86. The average molecular weight is 286 g/mol. The smallest absolute Gasteiger partial charge is 0.358 e. The SMILES string of the molecule is CCCn1ncnc1Cn1nnc(C(=O)O)c1C(F)F. The number of hydrogen-bond donors (Lipinski definition) is 1. The molecule has 0 bridgehead atoms. The molecule has 10 heteroatoms. The zero-order valence-electron chi connectivity index (χ0n) is 10.6. The summed E-state index contributed by atoms with van der Waals surface area (Å²) < 4.78 is 28.3. The van der Waals surface area contributed by atoms with Crippen molar-refractivity contribution >= 4 is 5.97 Å². The number of carboxylic acid groups (broad SMARTS) is 1. The molecular formula is C10H12F2N6O2. The second-order valence-corrected chi connectivity index (χ2v) is 3.99. The lowest BCUT2D eigenvalue weighted by molar-refractivity contribution is 0.0675. The third kappa shape index (κ3) is 2.63. The predicted octanol–water partition coefficient (Wildman–Crippen LogP) is 0.964. The summed E-state index contributed by atoms with van der Waals surface area (Å²) >= 11 is 0. The van der Waals surface area contributed by atoms with Crippen LogP contribution in [0.2, 0.25) is 0 Å². The van der Waals surface area contributed by atoms with E-state index in [1.54, 1.807) is 4.68 Å². The van der Waals surface area contributed by atoms with E-state index in [1.807, 2.05) is 6.92 Å². The maximum atomic E-state index is 13.0. The molecule has 2 rings (SSSR count). The molecule has 2 heterocycles. The predicted molar refractivity (Wildman–Crippen MR) is 61.4 cm³/mol. The first-order valence-corrected chi connectivity index (χ1v) is 5.86. The van der Waals surface area contributed by atoms with Crippen LogP contribution >= 0.6 is 0 Å². The number of carbonyl (C=O) groups is 1. The monoisotopic (exact) mass is 286 g/mol. The molecule has 0 atom stereocenters. The van der Waals surface area contributed by atoms with Crippen molar-refractivity contribution in [3.8, 4) is 0 Å². The van der Waals surface area contributed by atoms with Gasteiger partial charge in [0.1, 0.15) is 24.4 Å². The van der Waals surface area contributed by atoms with Gasteiger partial charge in [0.15, 0.2) is 5.69 Å². The Balaban J connectivity index is 2.34. The fourth-order valence-corrected chi connectivity index (χ4v) is 1.75. The van der Waals surface area contributed by atoms with Crippen molar-refractivity contribution in [3.63, 3.8) is 0 Å². The summed E-state index contributed by atoms with van der Waals surface area (Å²) in [6.45, 7) is 2.41. The molecule has 0 aromatic carbocycles. The summed E-state index contributed by atoms with van der Waals surface area (Å²) in [5.74, 6) is -1.13. The van der Waals surface area contributed by atoms with Gasteiger partial charge >= 0.3 is 5.97 Å². The standard InChI is InChI=1S/C10H12F2N6O2/c1-2-3-17-6(13-5-14-17)4-18-8(9(11)12)7(10(19)20)15-16-18/h5,9H,2-4H2,1H3,(H,19,20). The quantitative estimate of drug-likeness (QED) is 0.849. The summed E-state index contributed by atoms with van der Waals surface area (Å²) in [4.78, 5) is 14.8. The van der Waals surface area contributed by atoms with E-state index in [-0.39, 0.29) is 6.54 Å². The molecule has 0 aliphatic carbocycles. The molecule has 0 saturated carbocycles. The lowest BCUT2D eigenvalue weighted by atomic mass is 10.3. The van der Waals surface area contributed by atoms with Crippen molar-refractivity contribution in [2.75, 3.05) is 0 Å². The highest BCUT2D eigenvalue weighted by Gasteiger charge is 2.26. The highest BCUT2D eigenvalue weighted by atomic mass is 19.3. The Morgan fingerprint density at radius 2 is 2.20 bits per heavy atom. The Bertz CT molecular complexity index is 609. The largest absolute Gasteiger partial charge is 0.476 e. The molecule has 0 aliphatic heterocycles. The number of hydrogen-bond acceptors (Lipinski definition) is 5. The molecule has 8 nitrogen and oxygen atoms in total.